The zero-order valence-electron chi connectivity index (χ0n) is 6.46. The summed E-state index contributed by atoms with van der Waals surface area (Å²) in [5.74, 6) is -0.380. The topological polar surface area (TPSA) is 82.0 Å². The lowest BCUT2D eigenvalue weighted by Crippen LogP contribution is -2.41. The fourth-order valence-corrected chi connectivity index (χ4v) is 1.06. The van der Waals surface area contributed by atoms with Gasteiger partial charge in [-0.1, -0.05) is 0 Å². The van der Waals surface area contributed by atoms with Crippen molar-refractivity contribution in [2.45, 2.75) is 18.9 Å². The second-order valence-corrected chi connectivity index (χ2v) is 2.53. The van der Waals surface area contributed by atoms with E-state index in [0.717, 1.165) is 0 Å². The lowest BCUT2D eigenvalue weighted by molar-refractivity contribution is -0.125. The van der Waals surface area contributed by atoms with Gasteiger partial charge in [-0.2, -0.15) is 5.26 Å². The molecule has 1 saturated heterocycles. The molecule has 0 aromatic rings. The minimum absolute atomic E-state index is 0.00873. The molecule has 0 radical (unpaired) electrons. The van der Waals surface area contributed by atoms with Crippen molar-refractivity contribution in [1.29, 1.82) is 5.26 Å². The van der Waals surface area contributed by atoms with Crippen molar-refractivity contribution < 1.29 is 9.59 Å². The van der Waals surface area contributed by atoms with Gasteiger partial charge in [0.05, 0.1) is 6.07 Å². The maximum absolute atomic E-state index is 11.1. The van der Waals surface area contributed by atoms with Crippen LogP contribution in [0.4, 0.5) is 0 Å². The number of carbonyl (C=O) groups is 2. The normalized spacial score (nSPS) is 21.2. The van der Waals surface area contributed by atoms with E-state index < -0.39 is 6.04 Å². The van der Waals surface area contributed by atoms with Crippen LogP contribution in [0, 0.1) is 11.3 Å². The Bertz CT molecular complexity index is 244. The zero-order valence-corrected chi connectivity index (χ0v) is 6.46. The van der Waals surface area contributed by atoms with Crippen LogP contribution >= 0.6 is 0 Å². The van der Waals surface area contributed by atoms with Crippen molar-refractivity contribution >= 4 is 11.8 Å². The van der Waals surface area contributed by atoms with Crippen LogP contribution in [-0.2, 0) is 9.59 Å². The minimum atomic E-state index is -0.439. The van der Waals surface area contributed by atoms with E-state index in [1.165, 1.54) is 0 Å². The molecule has 0 unspecified atom stereocenters. The van der Waals surface area contributed by atoms with Crippen molar-refractivity contribution in [1.82, 2.24) is 10.6 Å². The van der Waals surface area contributed by atoms with Gasteiger partial charge in [0, 0.05) is 6.42 Å². The predicted molar refractivity (Wildman–Crippen MR) is 39.8 cm³/mol. The first-order chi connectivity index (χ1) is 5.74. The van der Waals surface area contributed by atoms with Crippen LogP contribution in [0.15, 0.2) is 0 Å². The quantitative estimate of drug-likeness (QED) is 0.512. The number of nitrogens with one attached hydrogen (secondary N) is 2. The fourth-order valence-electron chi connectivity index (χ4n) is 1.06. The molecular formula is C7H9N3O2. The molecule has 12 heavy (non-hydrogen) atoms. The first-order valence-electron chi connectivity index (χ1n) is 3.68. The third-order valence-electron chi connectivity index (χ3n) is 1.65. The van der Waals surface area contributed by atoms with E-state index in [-0.39, 0.29) is 18.4 Å². The summed E-state index contributed by atoms with van der Waals surface area (Å²) in [6.45, 7) is -0.00873. The molecule has 1 aliphatic heterocycles. The lowest BCUT2D eigenvalue weighted by Gasteiger charge is -2.07. The van der Waals surface area contributed by atoms with E-state index in [1.54, 1.807) is 6.07 Å². The Morgan fingerprint density at radius 3 is 3.08 bits per heavy atom. The van der Waals surface area contributed by atoms with Gasteiger partial charge >= 0.3 is 0 Å². The summed E-state index contributed by atoms with van der Waals surface area (Å²) in [6, 6.07) is 1.35. The third kappa shape index (κ3) is 1.95. The molecule has 0 aromatic heterocycles. The van der Waals surface area contributed by atoms with Crippen LogP contribution in [0.5, 0.6) is 0 Å². The Hall–Kier alpha value is -1.57. The number of amides is 2. The highest BCUT2D eigenvalue weighted by Crippen LogP contribution is 2.05. The van der Waals surface area contributed by atoms with E-state index in [2.05, 4.69) is 10.6 Å². The van der Waals surface area contributed by atoms with Gasteiger partial charge in [-0.3, -0.25) is 9.59 Å². The molecular weight excluding hydrogens is 158 g/mol. The van der Waals surface area contributed by atoms with Crippen molar-refractivity contribution in [2.75, 3.05) is 6.54 Å². The number of nitriles is 1. The Morgan fingerprint density at radius 2 is 2.58 bits per heavy atom. The minimum Gasteiger partial charge on any atom is -0.344 e. The summed E-state index contributed by atoms with van der Waals surface area (Å²) in [5, 5.41) is 13.0. The summed E-state index contributed by atoms with van der Waals surface area (Å²) in [5.41, 5.74) is 0. The first kappa shape index (κ1) is 8.53. The van der Waals surface area contributed by atoms with Gasteiger partial charge in [-0.15, -0.1) is 0 Å². The molecule has 1 atom stereocenters. The molecule has 1 fully saturated rings. The van der Waals surface area contributed by atoms with Crippen LogP contribution in [0.2, 0.25) is 0 Å². The van der Waals surface area contributed by atoms with Gasteiger partial charge in [-0.05, 0) is 6.42 Å². The number of hydrogen-bond donors (Lipinski definition) is 2. The van der Waals surface area contributed by atoms with Gasteiger partial charge in [0.15, 0.2) is 0 Å². The zero-order chi connectivity index (χ0) is 8.97. The highest BCUT2D eigenvalue weighted by Gasteiger charge is 2.26. The van der Waals surface area contributed by atoms with Crippen LogP contribution in [0.1, 0.15) is 12.8 Å². The molecule has 0 bridgehead atoms. The molecule has 0 spiro atoms. The highest BCUT2D eigenvalue weighted by atomic mass is 16.2. The van der Waals surface area contributed by atoms with E-state index in [9.17, 15) is 9.59 Å². The molecule has 5 heteroatoms. The Labute approximate surface area is 69.7 Å². The van der Waals surface area contributed by atoms with Gasteiger partial charge < -0.3 is 10.6 Å². The lowest BCUT2D eigenvalue weighted by atomic mass is 10.2. The number of rotatable bonds is 2. The summed E-state index contributed by atoms with van der Waals surface area (Å²) in [7, 11) is 0. The van der Waals surface area contributed by atoms with Crippen molar-refractivity contribution in [3.05, 3.63) is 0 Å². The van der Waals surface area contributed by atoms with Crippen LogP contribution in [0.25, 0.3) is 0 Å². The largest absolute Gasteiger partial charge is 0.344 e. The second-order valence-electron chi connectivity index (χ2n) is 2.53. The Balaban J connectivity index is 2.34. The third-order valence-corrected chi connectivity index (χ3v) is 1.65. The van der Waals surface area contributed by atoms with Gasteiger partial charge in [0.25, 0.3) is 0 Å². The molecule has 1 rings (SSSR count). The summed E-state index contributed by atoms with van der Waals surface area (Å²) in [6.07, 6.45) is 0.917. The van der Waals surface area contributed by atoms with Crippen molar-refractivity contribution in [2.24, 2.45) is 0 Å². The molecule has 2 amide bonds. The number of hydrogen-bond acceptors (Lipinski definition) is 3. The van der Waals surface area contributed by atoms with E-state index in [0.29, 0.717) is 12.8 Å². The van der Waals surface area contributed by atoms with Crippen molar-refractivity contribution in [3.8, 4) is 6.07 Å². The SMILES string of the molecule is N#CCNC(=O)[C@@H]1CCC(=O)N1. The molecule has 64 valence electrons. The smallest absolute Gasteiger partial charge is 0.243 e. The predicted octanol–water partition coefficient (Wildman–Crippen LogP) is -1.10. The second kappa shape index (κ2) is 3.72. The Morgan fingerprint density at radius 1 is 1.83 bits per heavy atom. The molecule has 0 saturated carbocycles. The average molecular weight is 167 g/mol. The van der Waals surface area contributed by atoms with Gasteiger partial charge in [0.1, 0.15) is 12.6 Å². The van der Waals surface area contributed by atoms with Crippen LogP contribution < -0.4 is 10.6 Å². The molecule has 2 N–H and O–H groups in total. The molecule has 0 aliphatic carbocycles. The highest BCUT2D eigenvalue weighted by molar-refractivity contribution is 5.90. The summed E-state index contributed by atoms with van der Waals surface area (Å²) < 4.78 is 0. The molecule has 0 aromatic carbocycles. The number of carbonyl (C=O) groups excluding carboxylic acids is 2. The monoisotopic (exact) mass is 167 g/mol. The maximum atomic E-state index is 11.1. The van der Waals surface area contributed by atoms with Crippen LogP contribution in [0.3, 0.4) is 0 Å². The van der Waals surface area contributed by atoms with Gasteiger partial charge in [-0.25, -0.2) is 0 Å². The summed E-state index contributed by atoms with van der Waals surface area (Å²) >= 11 is 0. The van der Waals surface area contributed by atoms with E-state index >= 15 is 0 Å². The molecule has 5 nitrogen and oxygen atoms in total. The van der Waals surface area contributed by atoms with E-state index in [1.807, 2.05) is 0 Å². The number of nitrogens with zero attached hydrogens (tertiary/aromatic N) is 1. The Kier molecular flexibility index (Phi) is 2.64. The van der Waals surface area contributed by atoms with Gasteiger partial charge in [0.2, 0.25) is 11.8 Å². The fraction of sp³-hybridized carbons (Fsp3) is 0.571. The molecule has 1 heterocycles. The molecule has 1 aliphatic rings. The standard InChI is InChI=1S/C7H9N3O2/c8-3-4-9-7(12)5-1-2-6(11)10-5/h5H,1-2,4H2,(H,9,12)(H,10,11)/t5-/m0/s1. The van der Waals surface area contributed by atoms with Crippen LogP contribution in [-0.4, -0.2) is 24.4 Å². The van der Waals surface area contributed by atoms with Crippen molar-refractivity contribution in [3.63, 3.8) is 0 Å². The summed E-state index contributed by atoms with van der Waals surface area (Å²) in [4.78, 5) is 21.7. The van der Waals surface area contributed by atoms with E-state index in [4.69, 9.17) is 5.26 Å². The average Bonchev–Trinajstić information content (AvgIpc) is 2.47. The first-order valence-corrected chi connectivity index (χ1v) is 3.68. The maximum Gasteiger partial charge on any atom is 0.243 e.